The molecule has 158 valence electrons. The Morgan fingerprint density at radius 1 is 0.484 bits per heavy atom. The smallest absolute Gasteiger partial charge is 0.213 e. The molecule has 0 saturated carbocycles. The minimum absolute atomic E-state index is 0.780. The van der Waals surface area contributed by atoms with Crippen molar-refractivity contribution in [2.75, 3.05) is 35.8 Å². The Labute approximate surface area is 183 Å². The van der Waals surface area contributed by atoms with E-state index in [1.807, 2.05) is 72.8 Å². The number of hydrogen-bond acceptors (Lipinski definition) is 3. The fourth-order valence-electron chi connectivity index (χ4n) is 3.14. The monoisotopic (exact) mass is 433 g/mol. The zero-order valence-corrected chi connectivity index (χ0v) is 18.6. The average molecular weight is 433 g/mol. The second-order valence-corrected chi connectivity index (χ2v) is 9.25. The van der Waals surface area contributed by atoms with Gasteiger partial charge in [0.25, 0.3) is 0 Å². The van der Waals surface area contributed by atoms with Crippen molar-refractivity contribution < 1.29 is 14.4 Å². The lowest BCUT2D eigenvalue weighted by atomic mass is 10.3. The van der Waals surface area contributed by atoms with Crippen LogP contribution in [0.5, 0.6) is 0 Å². The molecule has 0 fully saturated rings. The molecule has 0 N–H and O–H groups in total. The van der Waals surface area contributed by atoms with Crippen molar-refractivity contribution in [3.05, 3.63) is 72.8 Å². The molecule has 0 aliphatic heterocycles. The molecule has 3 rings (SSSR count). The van der Waals surface area contributed by atoms with Crippen LogP contribution in [0.3, 0.4) is 0 Å². The summed E-state index contributed by atoms with van der Waals surface area (Å²) in [4.78, 5) is 37.8. The maximum Gasteiger partial charge on any atom is 0.213 e. The molecular weight excluding hydrogens is 409 g/mol. The number of carbonyl (C=O) groups is 3. The molecule has 0 heterocycles. The fraction of sp³-hybridized carbons (Fsp3) is 0.125. The molecule has 0 atom stereocenters. The van der Waals surface area contributed by atoms with E-state index < -0.39 is 7.92 Å². The molecule has 3 aromatic rings. The minimum Gasteiger partial charge on any atom is -0.318 e. The van der Waals surface area contributed by atoms with Crippen molar-refractivity contribution in [1.29, 1.82) is 0 Å². The normalized spacial score (nSPS) is 10.5. The van der Waals surface area contributed by atoms with Crippen molar-refractivity contribution in [3.63, 3.8) is 0 Å². The number of rotatable bonds is 9. The van der Waals surface area contributed by atoms with Crippen molar-refractivity contribution >= 4 is 60.1 Å². The Bertz CT molecular complexity index is 900. The lowest BCUT2D eigenvalue weighted by molar-refractivity contribution is -0.107. The standard InChI is InChI=1S/C24H24N3O3P/c1-25(16-28)19-4-10-22(11-5-19)31(23-12-6-20(7-13-23)26(2)17-29)24-14-8-21(9-15-24)27(3)18-30/h4-18H,1-3H3. The van der Waals surface area contributed by atoms with Gasteiger partial charge in [0.2, 0.25) is 19.2 Å². The first-order valence-electron chi connectivity index (χ1n) is 9.63. The molecule has 6 nitrogen and oxygen atoms in total. The summed E-state index contributed by atoms with van der Waals surface area (Å²) in [5.41, 5.74) is 2.46. The van der Waals surface area contributed by atoms with E-state index in [-0.39, 0.29) is 0 Å². The molecule has 7 heteroatoms. The van der Waals surface area contributed by atoms with Crippen LogP contribution >= 0.6 is 7.92 Å². The second-order valence-electron chi connectivity index (χ2n) is 7.03. The van der Waals surface area contributed by atoms with E-state index in [0.717, 1.165) is 52.2 Å². The van der Waals surface area contributed by atoms with Gasteiger partial charge in [0.05, 0.1) is 0 Å². The van der Waals surface area contributed by atoms with E-state index in [4.69, 9.17) is 0 Å². The van der Waals surface area contributed by atoms with Crippen molar-refractivity contribution in [2.45, 2.75) is 0 Å². The highest BCUT2D eigenvalue weighted by atomic mass is 31.1. The number of anilines is 3. The Kier molecular flexibility index (Phi) is 7.16. The first kappa shape index (κ1) is 22.2. The van der Waals surface area contributed by atoms with Gasteiger partial charge >= 0.3 is 0 Å². The maximum atomic E-state index is 11.1. The molecule has 0 unspecified atom stereocenters. The first-order chi connectivity index (χ1) is 15.0. The summed E-state index contributed by atoms with van der Waals surface area (Å²) < 4.78 is 0. The van der Waals surface area contributed by atoms with Gasteiger partial charge < -0.3 is 14.7 Å². The van der Waals surface area contributed by atoms with Crippen molar-refractivity contribution in [3.8, 4) is 0 Å². The van der Waals surface area contributed by atoms with Crippen LogP contribution in [0.15, 0.2) is 72.8 Å². The van der Waals surface area contributed by atoms with Crippen LogP contribution in [0.4, 0.5) is 17.1 Å². The predicted octanol–water partition coefficient (Wildman–Crippen LogP) is 2.22. The number of carbonyl (C=O) groups excluding carboxylic acids is 3. The van der Waals surface area contributed by atoms with Gasteiger partial charge in [-0.05, 0) is 60.2 Å². The van der Waals surface area contributed by atoms with Gasteiger partial charge in [-0.25, -0.2) is 0 Å². The predicted molar refractivity (Wildman–Crippen MR) is 129 cm³/mol. The highest BCUT2D eigenvalue weighted by molar-refractivity contribution is 7.79. The van der Waals surface area contributed by atoms with E-state index in [2.05, 4.69) is 0 Å². The number of benzene rings is 3. The Balaban J connectivity index is 2.04. The van der Waals surface area contributed by atoms with Gasteiger partial charge in [0.1, 0.15) is 0 Å². The number of hydrogen-bond donors (Lipinski definition) is 0. The highest BCUT2D eigenvalue weighted by Gasteiger charge is 2.17. The van der Waals surface area contributed by atoms with E-state index in [0.29, 0.717) is 0 Å². The topological polar surface area (TPSA) is 60.9 Å². The third-order valence-corrected chi connectivity index (χ3v) is 7.46. The fourth-order valence-corrected chi connectivity index (χ4v) is 5.38. The van der Waals surface area contributed by atoms with Crippen LogP contribution in [0.1, 0.15) is 0 Å². The van der Waals surface area contributed by atoms with E-state index in [9.17, 15) is 14.4 Å². The molecule has 0 radical (unpaired) electrons. The molecule has 0 spiro atoms. The van der Waals surface area contributed by atoms with Crippen LogP contribution in [0.25, 0.3) is 0 Å². The van der Waals surface area contributed by atoms with Crippen LogP contribution in [0.2, 0.25) is 0 Å². The second kappa shape index (κ2) is 10.0. The number of amides is 3. The molecule has 3 aromatic carbocycles. The molecule has 0 saturated heterocycles. The Morgan fingerprint density at radius 2 is 0.710 bits per heavy atom. The summed E-state index contributed by atoms with van der Waals surface area (Å²) in [5, 5.41) is 3.39. The highest BCUT2D eigenvalue weighted by Crippen LogP contribution is 2.34. The van der Waals surface area contributed by atoms with Crippen LogP contribution < -0.4 is 30.6 Å². The lowest BCUT2D eigenvalue weighted by Crippen LogP contribution is -2.22. The minimum atomic E-state index is -0.874. The van der Waals surface area contributed by atoms with Gasteiger partial charge in [-0.2, -0.15) is 0 Å². The molecular formula is C24H24N3O3P. The zero-order chi connectivity index (χ0) is 22.4. The summed E-state index contributed by atoms with van der Waals surface area (Å²) in [6.45, 7) is 0. The molecule has 0 bridgehead atoms. The summed E-state index contributed by atoms with van der Waals surface area (Å²) >= 11 is 0. The summed E-state index contributed by atoms with van der Waals surface area (Å²) in [6.07, 6.45) is 2.34. The van der Waals surface area contributed by atoms with Gasteiger partial charge in [0, 0.05) is 38.2 Å². The largest absolute Gasteiger partial charge is 0.318 e. The average Bonchev–Trinajstić information content (AvgIpc) is 2.84. The third kappa shape index (κ3) is 4.98. The SMILES string of the molecule is CN(C=O)c1ccc(P(c2ccc(N(C)C=O)cc2)c2ccc(N(C)C=O)cc2)cc1. The van der Waals surface area contributed by atoms with Crippen LogP contribution in [-0.4, -0.2) is 40.4 Å². The summed E-state index contributed by atoms with van der Waals surface area (Å²) in [5.74, 6) is 0. The molecule has 31 heavy (non-hydrogen) atoms. The van der Waals surface area contributed by atoms with Gasteiger partial charge in [0.15, 0.2) is 0 Å². The Hall–Kier alpha value is -3.50. The summed E-state index contributed by atoms with van der Waals surface area (Å²) in [7, 11) is 4.28. The van der Waals surface area contributed by atoms with Crippen LogP contribution in [-0.2, 0) is 14.4 Å². The Morgan fingerprint density at radius 3 is 0.903 bits per heavy atom. The number of nitrogens with zero attached hydrogens (tertiary/aromatic N) is 3. The van der Waals surface area contributed by atoms with E-state index in [1.54, 1.807) is 21.1 Å². The first-order valence-corrected chi connectivity index (χ1v) is 11.0. The zero-order valence-electron chi connectivity index (χ0n) is 17.7. The third-order valence-electron chi connectivity index (χ3n) is 5.02. The maximum absolute atomic E-state index is 11.1. The molecule has 0 aliphatic rings. The van der Waals surface area contributed by atoms with Gasteiger partial charge in [-0.1, -0.05) is 36.4 Å². The van der Waals surface area contributed by atoms with Gasteiger partial charge in [-0.15, -0.1) is 0 Å². The molecule has 0 aromatic heterocycles. The summed E-state index contributed by atoms with van der Waals surface area (Å²) in [6, 6.07) is 23.8. The van der Waals surface area contributed by atoms with E-state index >= 15 is 0 Å². The lowest BCUT2D eigenvalue weighted by Gasteiger charge is -2.22. The van der Waals surface area contributed by atoms with Crippen molar-refractivity contribution in [2.24, 2.45) is 0 Å². The van der Waals surface area contributed by atoms with E-state index in [1.165, 1.54) is 14.7 Å². The molecule has 3 amide bonds. The quantitative estimate of drug-likeness (QED) is 0.384. The van der Waals surface area contributed by atoms with Crippen LogP contribution in [0, 0.1) is 0 Å². The van der Waals surface area contributed by atoms with Crippen molar-refractivity contribution in [1.82, 2.24) is 0 Å². The van der Waals surface area contributed by atoms with Gasteiger partial charge in [-0.3, -0.25) is 14.4 Å². The molecule has 0 aliphatic carbocycles.